The van der Waals surface area contributed by atoms with Gasteiger partial charge in [0, 0.05) is 13.0 Å². The second-order valence-electron chi connectivity index (χ2n) is 15.2. The summed E-state index contributed by atoms with van der Waals surface area (Å²) in [6.07, 6.45) is 39.0. The molecule has 11 heteroatoms. The van der Waals surface area contributed by atoms with Crippen molar-refractivity contribution in [2.24, 2.45) is 5.73 Å². The summed E-state index contributed by atoms with van der Waals surface area (Å²) < 4.78 is 33.2. The van der Waals surface area contributed by atoms with E-state index in [0.717, 1.165) is 44.9 Å². The Morgan fingerprint density at radius 1 is 0.528 bits per heavy atom. The van der Waals surface area contributed by atoms with Gasteiger partial charge in [-0.15, -0.1) is 0 Å². The zero-order valence-electron chi connectivity index (χ0n) is 34.4. The molecule has 0 fully saturated rings. The fourth-order valence-electron chi connectivity index (χ4n) is 6.43. The van der Waals surface area contributed by atoms with Crippen molar-refractivity contribution in [1.82, 2.24) is 0 Å². The Balaban J connectivity index is 3.98. The molecule has 0 bridgehead atoms. The smallest absolute Gasteiger partial charge is 0.472 e. The number of carbonyl (C=O) groups is 2. The Morgan fingerprint density at radius 2 is 0.868 bits per heavy atom. The van der Waals surface area contributed by atoms with E-state index in [1.807, 2.05) is 0 Å². The van der Waals surface area contributed by atoms with Crippen molar-refractivity contribution in [3.63, 3.8) is 0 Å². The van der Waals surface area contributed by atoms with E-state index in [4.69, 9.17) is 29.4 Å². The Bertz CT molecular complexity index is 862. The Hall–Kier alpha value is -1.03. The highest BCUT2D eigenvalue weighted by Gasteiger charge is 2.27. The largest absolute Gasteiger partial charge is 0.480 e. The molecule has 3 unspecified atom stereocenters. The average molecular weight is 778 g/mol. The second kappa shape index (κ2) is 39.2. The maximum Gasteiger partial charge on any atom is 0.472 e. The van der Waals surface area contributed by atoms with Gasteiger partial charge in [-0.3, -0.25) is 18.6 Å². The minimum atomic E-state index is -4.60. The number of esters is 1. The number of hydrogen-bond acceptors (Lipinski definition) is 8. The van der Waals surface area contributed by atoms with Gasteiger partial charge in [-0.1, -0.05) is 200 Å². The van der Waals surface area contributed by atoms with Crippen molar-refractivity contribution >= 4 is 19.8 Å². The molecule has 0 aromatic carbocycles. The van der Waals surface area contributed by atoms with Crippen molar-refractivity contribution in [2.75, 3.05) is 26.4 Å². The molecule has 316 valence electrons. The topological polar surface area (TPSA) is 155 Å². The van der Waals surface area contributed by atoms with Crippen LogP contribution >= 0.6 is 7.82 Å². The molecule has 4 N–H and O–H groups in total. The van der Waals surface area contributed by atoms with Gasteiger partial charge in [0.15, 0.2) is 0 Å². The van der Waals surface area contributed by atoms with Crippen LogP contribution in [0.5, 0.6) is 0 Å². The van der Waals surface area contributed by atoms with Gasteiger partial charge in [-0.05, 0) is 12.8 Å². The number of carboxylic acids is 1. The summed E-state index contributed by atoms with van der Waals surface area (Å²) in [6, 6.07) is -1.47. The van der Waals surface area contributed by atoms with E-state index in [0.29, 0.717) is 6.61 Å². The highest BCUT2D eigenvalue weighted by atomic mass is 31.2. The van der Waals surface area contributed by atoms with Crippen molar-refractivity contribution in [3.8, 4) is 0 Å². The van der Waals surface area contributed by atoms with E-state index in [-0.39, 0.29) is 13.0 Å². The third-order valence-corrected chi connectivity index (χ3v) is 10.8. The van der Waals surface area contributed by atoms with Crippen LogP contribution in [0.2, 0.25) is 0 Å². The van der Waals surface area contributed by atoms with Crippen LogP contribution in [0.25, 0.3) is 0 Å². The second-order valence-corrected chi connectivity index (χ2v) is 16.6. The number of aliphatic carboxylic acids is 1. The molecule has 0 aliphatic rings. The number of hydrogen-bond donors (Lipinski definition) is 3. The highest BCUT2D eigenvalue weighted by molar-refractivity contribution is 7.47. The summed E-state index contributed by atoms with van der Waals surface area (Å²) in [5.41, 5.74) is 5.34. The maximum absolute atomic E-state index is 12.5. The first-order chi connectivity index (χ1) is 25.7. The first-order valence-electron chi connectivity index (χ1n) is 22.1. The van der Waals surface area contributed by atoms with Gasteiger partial charge in [-0.2, -0.15) is 0 Å². The van der Waals surface area contributed by atoms with Crippen LogP contribution in [0.3, 0.4) is 0 Å². The molecule has 0 heterocycles. The van der Waals surface area contributed by atoms with Crippen molar-refractivity contribution in [2.45, 2.75) is 231 Å². The number of carbonyl (C=O) groups excluding carboxylic acids is 1. The zero-order chi connectivity index (χ0) is 39.1. The van der Waals surface area contributed by atoms with Gasteiger partial charge in [0.2, 0.25) is 0 Å². The van der Waals surface area contributed by atoms with Crippen molar-refractivity contribution < 1.29 is 42.7 Å². The predicted octanol–water partition coefficient (Wildman–Crippen LogP) is 12.0. The van der Waals surface area contributed by atoms with Crippen LogP contribution in [0.4, 0.5) is 0 Å². The lowest BCUT2D eigenvalue weighted by Crippen LogP contribution is -2.34. The number of nitrogens with two attached hydrogens (primary N) is 1. The Morgan fingerprint density at radius 3 is 1.25 bits per heavy atom. The van der Waals surface area contributed by atoms with E-state index in [1.54, 1.807) is 0 Å². The Labute approximate surface area is 325 Å². The lowest BCUT2D eigenvalue weighted by Gasteiger charge is -2.20. The number of ether oxygens (including phenoxy) is 2. The van der Waals surface area contributed by atoms with Gasteiger partial charge in [0.25, 0.3) is 0 Å². The Kier molecular flexibility index (Phi) is 38.5. The minimum Gasteiger partial charge on any atom is -0.480 e. The van der Waals surface area contributed by atoms with Crippen molar-refractivity contribution in [1.29, 1.82) is 0 Å². The van der Waals surface area contributed by atoms with Gasteiger partial charge in [0.05, 0.1) is 19.8 Å². The van der Waals surface area contributed by atoms with Crippen LogP contribution in [-0.4, -0.2) is 60.5 Å². The van der Waals surface area contributed by atoms with Crippen LogP contribution in [-0.2, 0) is 32.7 Å². The van der Waals surface area contributed by atoms with Crippen LogP contribution < -0.4 is 5.73 Å². The fourth-order valence-corrected chi connectivity index (χ4v) is 7.21. The quantitative estimate of drug-likeness (QED) is 0.0309. The lowest BCUT2D eigenvalue weighted by atomic mass is 10.0. The summed E-state index contributed by atoms with van der Waals surface area (Å²) in [6.45, 7) is 3.88. The standard InChI is InChI=1S/C42H84NO9P/c1-3-5-7-9-11-13-14-15-16-17-18-19-20-21-22-23-24-25-26-27-29-31-33-35-49-36-39(37-50-53(47,48)51-38-40(43)42(45)46)52-41(44)34-32-30-28-12-10-8-6-4-2/h39-40H,3-38,43H2,1-2H3,(H,45,46)(H,47,48). The zero-order valence-corrected chi connectivity index (χ0v) is 35.3. The molecular formula is C42H84NO9P. The van der Waals surface area contributed by atoms with Crippen LogP contribution in [0.1, 0.15) is 219 Å². The third-order valence-electron chi connectivity index (χ3n) is 9.89. The van der Waals surface area contributed by atoms with E-state index >= 15 is 0 Å². The molecule has 0 aromatic heterocycles. The molecule has 53 heavy (non-hydrogen) atoms. The highest BCUT2D eigenvalue weighted by Crippen LogP contribution is 2.43. The molecule has 0 aliphatic carbocycles. The molecule has 0 saturated carbocycles. The number of unbranched alkanes of at least 4 members (excludes halogenated alkanes) is 29. The predicted molar refractivity (Wildman–Crippen MR) is 217 cm³/mol. The molecule has 0 spiro atoms. The fraction of sp³-hybridized carbons (Fsp3) is 0.952. The molecule has 0 rings (SSSR count). The molecular weight excluding hydrogens is 693 g/mol. The van der Waals surface area contributed by atoms with Gasteiger partial charge < -0.3 is 25.2 Å². The summed E-state index contributed by atoms with van der Waals surface area (Å²) in [5, 5.41) is 8.87. The lowest BCUT2D eigenvalue weighted by molar-refractivity contribution is -0.154. The SMILES string of the molecule is CCCCCCCCCCCCCCCCCCCCCCCCCOCC(COP(=O)(O)OCC(N)C(=O)O)OC(=O)CCCCCCCCCC. The number of rotatable bonds is 43. The van der Waals surface area contributed by atoms with E-state index in [1.165, 1.54) is 154 Å². The molecule has 0 aliphatic heterocycles. The summed E-state index contributed by atoms with van der Waals surface area (Å²) in [4.78, 5) is 33.3. The molecule has 0 saturated heterocycles. The molecule has 0 aromatic rings. The van der Waals surface area contributed by atoms with Gasteiger partial charge in [-0.25, -0.2) is 4.57 Å². The van der Waals surface area contributed by atoms with E-state index in [2.05, 4.69) is 13.8 Å². The van der Waals surface area contributed by atoms with Crippen molar-refractivity contribution in [3.05, 3.63) is 0 Å². The first kappa shape index (κ1) is 52.0. The summed E-state index contributed by atoms with van der Waals surface area (Å²) in [5.74, 6) is -1.77. The summed E-state index contributed by atoms with van der Waals surface area (Å²) in [7, 11) is -4.60. The minimum absolute atomic E-state index is 0.0249. The monoisotopic (exact) mass is 778 g/mol. The molecule has 0 amide bonds. The van der Waals surface area contributed by atoms with Gasteiger partial charge in [0.1, 0.15) is 12.1 Å². The number of phosphoric acid groups is 1. The normalized spacial score (nSPS) is 13.9. The molecule has 0 radical (unpaired) electrons. The summed E-state index contributed by atoms with van der Waals surface area (Å²) >= 11 is 0. The first-order valence-corrected chi connectivity index (χ1v) is 23.6. The number of carboxylic acid groups (broad SMARTS) is 1. The average Bonchev–Trinajstić information content (AvgIpc) is 3.13. The van der Waals surface area contributed by atoms with E-state index < -0.39 is 45.1 Å². The van der Waals surface area contributed by atoms with Crippen LogP contribution in [0.15, 0.2) is 0 Å². The number of phosphoric ester groups is 1. The molecule has 3 atom stereocenters. The van der Waals surface area contributed by atoms with Crippen LogP contribution in [0, 0.1) is 0 Å². The van der Waals surface area contributed by atoms with Gasteiger partial charge >= 0.3 is 19.8 Å². The molecule has 10 nitrogen and oxygen atoms in total. The van der Waals surface area contributed by atoms with E-state index in [9.17, 15) is 19.0 Å². The maximum atomic E-state index is 12.5. The third kappa shape index (κ3) is 39.0.